The normalized spacial score (nSPS) is 15.2. The van der Waals surface area contributed by atoms with Gasteiger partial charge in [-0.15, -0.1) is 0 Å². The van der Waals surface area contributed by atoms with Crippen molar-refractivity contribution < 1.29 is 23.8 Å². The number of nitrogens with zero attached hydrogens (tertiary/aromatic N) is 2. The quantitative estimate of drug-likeness (QED) is 0.514. The number of benzene rings is 3. The molecule has 1 atom stereocenters. The first-order chi connectivity index (χ1) is 17.5. The van der Waals surface area contributed by atoms with Crippen LogP contribution in [-0.2, 0) is 0 Å². The highest BCUT2D eigenvalue weighted by Gasteiger charge is 2.34. The predicted octanol–water partition coefficient (Wildman–Crippen LogP) is 4.83. The van der Waals surface area contributed by atoms with Crippen LogP contribution in [-0.4, -0.2) is 62.2 Å². The average molecular weight is 490 g/mol. The number of carbonyl (C=O) groups is 2. The van der Waals surface area contributed by atoms with Crippen LogP contribution in [0.2, 0.25) is 0 Å². The number of carbonyl (C=O) groups excluding carboxylic acids is 2. The van der Waals surface area contributed by atoms with Crippen molar-refractivity contribution in [2.45, 2.75) is 13.0 Å². The van der Waals surface area contributed by atoms with Crippen molar-refractivity contribution in [3.63, 3.8) is 0 Å². The fraction of sp³-hybridized carbons (Fsp3) is 0.286. The number of amides is 3. The van der Waals surface area contributed by atoms with E-state index in [1.54, 1.807) is 37.3 Å². The van der Waals surface area contributed by atoms with Crippen molar-refractivity contribution in [3.05, 3.63) is 83.9 Å². The number of urea groups is 1. The monoisotopic (exact) mass is 489 g/mol. The lowest BCUT2D eigenvalue weighted by molar-refractivity contribution is 0.0516. The summed E-state index contributed by atoms with van der Waals surface area (Å²) in [6.45, 7) is 3.67. The van der Waals surface area contributed by atoms with Crippen LogP contribution in [0.3, 0.4) is 0 Å². The average Bonchev–Trinajstić information content (AvgIpc) is 2.93. The molecule has 1 saturated heterocycles. The van der Waals surface area contributed by atoms with Gasteiger partial charge in [-0.2, -0.15) is 0 Å². The van der Waals surface area contributed by atoms with E-state index in [-0.39, 0.29) is 18.0 Å². The molecule has 8 nitrogen and oxygen atoms in total. The van der Waals surface area contributed by atoms with Gasteiger partial charge in [0.25, 0.3) is 5.91 Å². The van der Waals surface area contributed by atoms with E-state index in [9.17, 15) is 9.59 Å². The van der Waals surface area contributed by atoms with Crippen molar-refractivity contribution in [3.8, 4) is 17.2 Å². The van der Waals surface area contributed by atoms with E-state index in [1.807, 2.05) is 66.4 Å². The van der Waals surface area contributed by atoms with E-state index in [4.69, 9.17) is 14.2 Å². The number of piperazine rings is 1. The SMILES string of the molecule is CCOc1ccc(NC(=O)N2CCN(C(=O)c3ccc(OC)c(OC)c3)C(c3ccccc3)C2)cc1. The van der Waals surface area contributed by atoms with Crippen molar-refractivity contribution in [2.24, 2.45) is 0 Å². The predicted molar refractivity (Wildman–Crippen MR) is 138 cm³/mol. The summed E-state index contributed by atoms with van der Waals surface area (Å²) in [6, 6.07) is 21.7. The van der Waals surface area contributed by atoms with E-state index in [2.05, 4.69) is 5.32 Å². The van der Waals surface area contributed by atoms with Gasteiger partial charge >= 0.3 is 6.03 Å². The zero-order valence-corrected chi connectivity index (χ0v) is 20.8. The molecule has 0 radical (unpaired) electrons. The smallest absolute Gasteiger partial charge is 0.321 e. The molecule has 0 spiro atoms. The Morgan fingerprint density at radius 3 is 2.31 bits per heavy atom. The Morgan fingerprint density at radius 1 is 0.917 bits per heavy atom. The molecular weight excluding hydrogens is 458 g/mol. The molecule has 1 N–H and O–H groups in total. The lowest BCUT2D eigenvalue weighted by Gasteiger charge is -2.41. The topological polar surface area (TPSA) is 80.3 Å². The first kappa shape index (κ1) is 24.9. The zero-order chi connectivity index (χ0) is 25.5. The minimum Gasteiger partial charge on any atom is -0.494 e. The lowest BCUT2D eigenvalue weighted by atomic mass is 10.0. The third-order valence-corrected chi connectivity index (χ3v) is 6.16. The number of anilines is 1. The summed E-state index contributed by atoms with van der Waals surface area (Å²) in [4.78, 5) is 30.3. The van der Waals surface area contributed by atoms with E-state index < -0.39 is 0 Å². The van der Waals surface area contributed by atoms with E-state index in [0.717, 1.165) is 11.3 Å². The van der Waals surface area contributed by atoms with Crippen LogP contribution in [0.25, 0.3) is 0 Å². The molecule has 1 fully saturated rings. The third kappa shape index (κ3) is 5.54. The van der Waals surface area contributed by atoms with Gasteiger partial charge in [0.1, 0.15) is 5.75 Å². The molecule has 3 aromatic carbocycles. The molecule has 3 amide bonds. The second-order valence-corrected chi connectivity index (χ2v) is 8.33. The van der Waals surface area contributed by atoms with Gasteiger partial charge in [0.15, 0.2) is 11.5 Å². The van der Waals surface area contributed by atoms with Crippen LogP contribution < -0.4 is 19.5 Å². The van der Waals surface area contributed by atoms with Crippen LogP contribution in [0, 0.1) is 0 Å². The summed E-state index contributed by atoms with van der Waals surface area (Å²) >= 11 is 0. The Balaban J connectivity index is 1.53. The molecule has 36 heavy (non-hydrogen) atoms. The molecule has 0 saturated carbocycles. The molecule has 0 bridgehead atoms. The van der Waals surface area contributed by atoms with Gasteiger partial charge in [0, 0.05) is 30.9 Å². The highest BCUT2D eigenvalue weighted by atomic mass is 16.5. The molecule has 188 valence electrons. The Bertz CT molecular complexity index is 1180. The maximum atomic E-state index is 13.6. The molecule has 4 rings (SSSR count). The van der Waals surface area contributed by atoms with Crippen molar-refractivity contribution in [1.82, 2.24) is 9.80 Å². The highest BCUT2D eigenvalue weighted by Crippen LogP contribution is 2.31. The largest absolute Gasteiger partial charge is 0.494 e. The molecule has 8 heteroatoms. The van der Waals surface area contributed by atoms with Gasteiger partial charge in [0.2, 0.25) is 0 Å². The molecule has 0 aromatic heterocycles. The summed E-state index contributed by atoms with van der Waals surface area (Å²) in [5.41, 5.74) is 2.15. The number of hydrogen-bond acceptors (Lipinski definition) is 5. The Labute approximate surface area is 211 Å². The van der Waals surface area contributed by atoms with Crippen molar-refractivity contribution in [1.29, 1.82) is 0 Å². The molecule has 0 aliphatic carbocycles. The van der Waals surface area contributed by atoms with Gasteiger partial charge in [0.05, 0.1) is 26.9 Å². The van der Waals surface area contributed by atoms with Crippen LogP contribution in [0.4, 0.5) is 10.5 Å². The molecular formula is C28H31N3O5. The summed E-state index contributed by atoms with van der Waals surface area (Å²) < 4.78 is 16.2. The zero-order valence-electron chi connectivity index (χ0n) is 20.8. The van der Waals surface area contributed by atoms with Crippen LogP contribution >= 0.6 is 0 Å². The van der Waals surface area contributed by atoms with Gasteiger partial charge in [-0.05, 0) is 55.0 Å². The number of hydrogen-bond donors (Lipinski definition) is 1. The van der Waals surface area contributed by atoms with Gasteiger partial charge in [-0.3, -0.25) is 4.79 Å². The fourth-order valence-corrected chi connectivity index (χ4v) is 4.31. The first-order valence-corrected chi connectivity index (χ1v) is 11.9. The molecule has 1 aliphatic rings. The molecule has 1 unspecified atom stereocenters. The van der Waals surface area contributed by atoms with E-state index in [0.29, 0.717) is 49.0 Å². The Morgan fingerprint density at radius 2 is 1.64 bits per heavy atom. The Hall–Kier alpha value is -4.20. The third-order valence-electron chi connectivity index (χ3n) is 6.16. The second-order valence-electron chi connectivity index (χ2n) is 8.33. The summed E-state index contributed by atoms with van der Waals surface area (Å²) in [6.07, 6.45) is 0. The highest BCUT2D eigenvalue weighted by molar-refractivity contribution is 5.96. The van der Waals surface area contributed by atoms with Gasteiger partial charge in [-0.1, -0.05) is 30.3 Å². The minimum absolute atomic E-state index is 0.128. The summed E-state index contributed by atoms with van der Waals surface area (Å²) in [5, 5.41) is 2.95. The molecule has 3 aromatic rings. The van der Waals surface area contributed by atoms with Crippen LogP contribution in [0.15, 0.2) is 72.8 Å². The molecule has 1 aliphatic heterocycles. The van der Waals surface area contributed by atoms with Crippen molar-refractivity contribution in [2.75, 3.05) is 45.8 Å². The second kappa shape index (κ2) is 11.5. The minimum atomic E-state index is -0.299. The number of nitrogens with one attached hydrogen (secondary N) is 1. The lowest BCUT2D eigenvalue weighted by Crippen LogP contribution is -2.53. The van der Waals surface area contributed by atoms with E-state index in [1.165, 1.54) is 0 Å². The van der Waals surface area contributed by atoms with Crippen LogP contribution in [0.5, 0.6) is 17.2 Å². The fourth-order valence-electron chi connectivity index (χ4n) is 4.31. The summed E-state index contributed by atoms with van der Waals surface area (Å²) in [5.74, 6) is 1.68. The van der Waals surface area contributed by atoms with Gasteiger partial charge < -0.3 is 29.3 Å². The van der Waals surface area contributed by atoms with Crippen LogP contribution in [0.1, 0.15) is 28.9 Å². The number of methoxy groups -OCH3 is 2. The standard InChI is InChI=1S/C28H31N3O5/c1-4-36-23-13-11-22(12-14-23)29-28(33)30-16-17-31(24(19-30)20-8-6-5-7-9-20)27(32)21-10-15-25(34-2)26(18-21)35-3/h5-15,18,24H,4,16-17,19H2,1-3H3,(H,29,33). The van der Waals surface area contributed by atoms with Crippen molar-refractivity contribution >= 4 is 17.6 Å². The van der Waals surface area contributed by atoms with E-state index >= 15 is 0 Å². The molecule has 1 heterocycles. The number of rotatable bonds is 7. The first-order valence-electron chi connectivity index (χ1n) is 11.9. The number of ether oxygens (including phenoxy) is 3. The Kier molecular flexibility index (Phi) is 7.95. The maximum Gasteiger partial charge on any atom is 0.321 e. The van der Waals surface area contributed by atoms with Gasteiger partial charge in [-0.25, -0.2) is 4.79 Å². The summed E-state index contributed by atoms with van der Waals surface area (Å²) in [7, 11) is 3.10. The maximum absolute atomic E-state index is 13.6.